The summed E-state index contributed by atoms with van der Waals surface area (Å²) in [7, 11) is 0. The van der Waals surface area contributed by atoms with Crippen LogP contribution in [0.25, 0.3) is 0 Å². The fourth-order valence-electron chi connectivity index (χ4n) is 4.59. The number of nitrogens with two attached hydrogens (primary N) is 1. The summed E-state index contributed by atoms with van der Waals surface area (Å²) in [6.07, 6.45) is -2.15. The van der Waals surface area contributed by atoms with Gasteiger partial charge in [0.25, 0.3) is 0 Å². The molecule has 0 radical (unpaired) electrons. The molecule has 0 aromatic heterocycles. The number of nitrogens with one attached hydrogen (secondary N) is 6. The van der Waals surface area contributed by atoms with Crippen LogP contribution >= 0.6 is 0 Å². The van der Waals surface area contributed by atoms with Crippen LogP contribution in [0.1, 0.15) is 45.6 Å². The van der Waals surface area contributed by atoms with Crippen LogP contribution in [0.3, 0.4) is 0 Å². The summed E-state index contributed by atoms with van der Waals surface area (Å²) in [4.78, 5) is 112. The predicted octanol–water partition coefficient (Wildman–Crippen LogP) is -4.74. The van der Waals surface area contributed by atoms with E-state index in [0.717, 1.165) is 6.92 Å². The summed E-state index contributed by atoms with van der Waals surface area (Å²) in [5.74, 6) is -11.4. The second-order valence-electron chi connectivity index (χ2n) is 12.5. The van der Waals surface area contributed by atoms with Gasteiger partial charge in [0.1, 0.15) is 42.0 Å². The number of carboxylic acids is 3. The van der Waals surface area contributed by atoms with Crippen molar-refractivity contribution in [3.8, 4) is 5.75 Å². The van der Waals surface area contributed by atoms with E-state index in [4.69, 9.17) is 10.8 Å². The van der Waals surface area contributed by atoms with Gasteiger partial charge in [-0.1, -0.05) is 26.0 Å². The quantitative estimate of drug-likeness (QED) is 0.0497. The Hall–Kier alpha value is -5.87. The Morgan fingerprint density at radius 2 is 1.00 bits per heavy atom. The van der Waals surface area contributed by atoms with Gasteiger partial charge in [-0.3, -0.25) is 38.4 Å². The Kier molecular flexibility index (Phi) is 19.0. The van der Waals surface area contributed by atoms with E-state index in [1.54, 1.807) is 13.8 Å². The number of aliphatic hydroxyl groups excluding tert-OH is 2. The van der Waals surface area contributed by atoms with E-state index in [0.29, 0.717) is 5.56 Å². The Morgan fingerprint density at radius 3 is 1.44 bits per heavy atom. The molecule has 0 aliphatic rings. The highest BCUT2D eigenvalue weighted by Crippen LogP contribution is 2.12. The topological polar surface area (TPSA) is 373 Å². The van der Waals surface area contributed by atoms with Crippen molar-refractivity contribution in [2.75, 3.05) is 13.2 Å². The average molecular weight is 770 g/mol. The Bertz CT molecular complexity index is 1520. The highest BCUT2D eigenvalue weighted by molar-refractivity contribution is 5.98. The first-order chi connectivity index (χ1) is 25.2. The maximum absolute atomic E-state index is 13.5. The highest BCUT2D eigenvalue weighted by Gasteiger charge is 2.34. The third-order valence-electron chi connectivity index (χ3n) is 7.46. The van der Waals surface area contributed by atoms with Crippen LogP contribution in [0, 0.1) is 5.92 Å². The second kappa shape index (κ2) is 22.3. The summed E-state index contributed by atoms with van der Waals surface area (Å²) in [6, 6.07) is -6.20. The Balaban J connectivity index is 3.24. The van der Waals surface area contributed by atoms with Crippen molar-refractivity contribution in [3.63, 3.8) is 0 Å². The van der Waals surface area contributed by atoms with Gasteiger partial charge in [0.15, 0.2) is 0 Å². The third-order valence-corrected chi connectivity index (χ3v) is 7.46. The van der Waals surface area contributed by atoms with Gasteiger partial charge in [0, 0.05) is 6.42 Å². The van der Waals surface area contributed by atoms with Gasteiger partial charge >= 0.3 is 17.9 Å². The van der Waals surface area contributed by atoms with Crippen LogP contribution in [0.2, 0.25) is 0 Å². The number of hydrogen-bond acceptors (Lipinski definition) is 13. The van der Waals surface area contributed by atoms with Crippen molar-refractivity contribution < 1.29 is 73.8 Å². The van der Waals surface area contributed by atoms with Gasteiger partial charge in [-0.15, -0.1) is 0 Å². The van der Waals surface area contributed by atoms with Crippen molar-refractivity contribution in [2.24, 2.45) is 11.7 Å². The SMILES string of the molecule is CC(C)C[C@H](NC(=O)[C@H](CO)NC(=O)[C@H](CO)NC(=O)[C@H](Cc1ccc(O)cc1)NC(=O)[C@H](CC(=O)O)NC(=O)[C@H](C)NC(=O)[C@@H](N)CC(=O)O)C(=O)O. The van der Waals surface area contributed by atoms with Crippen molar-refractivity contribution in [3.05, 3.63) is 29.8 Å². The molecule has 6 amide bonds. The third kappa shape index (κ3) is 16.2. The average Bonchev–Trinajstić information content (AvgIpc) is 3.08. The van der Waals surface area contributed by atoms with E-state index in [9.17, 15) is 68.7 Å². The minimum atomic E-state index is -1.87. The molecule has 0 bridgehead atoms. The van der Waals surface area contributed by atoms with Crippen molar-refractivity contribution in [1.82, 2.24) is 31.9 Å². The minimum absolute atomic E-state index is 0.0204. The minimum Gasteiger partial charge on any atom is -0.508 e. The van der Waals surface area contributed by atoms with Gasteiger partial charge in [-0.2, -0.15) is 0 Å². The summed E-state index contributed by atoms with van der Waals surface area (Å²) in [5, 5.41) is 69.9. The number of aliphatic carboxylic acids is 3. The lowest BCUT2D eigenvalue weighted by Gasteiger charge is -2.26. The first kappa shape index (κ1) is 46.2. The smallest absolute Gasteiger partial charge is 0.326 e. The maximum atomic E-state index is 13.5. The van der Waals surface area contributed by atoms with Crippen LogP contribution in [0.4, 0.5) is 0 Å². The summed E-state index contributed by atoms with van der Waals surface area (Å²) in [6.45, 7) is 2.45. The molecule has 14 N–H and O–H groups in total. The number of aliphatic hydroxyl groups is 2. The van der Waals surface area contributed by atoms with E-state index < -0.39 is 122 Å². The first-order valence-corrected chi connectivity index (χ1v) is 16.4. The molecule has 7 atom stereocenters. The molecule has 0 saturated carbocycles. The number of phenols is 1. The Labute approximate surface area is 308 Å². The predicted molar refractivity (Wildman–Crippen MR) is 183 cm³/mol. The zero-order valence-corrected chi connectivity index (χ0v) is 29.6. The zero-order valence-electron chi connectivity index (χ0n) is 29.6. The largest absolute Gasteiger partial charge is 0.508 e. The highest BCUT2D eigenvalue weighted by atomic mass is 16.4. The van der Waals surface area contributed by atoms with Crippen molar-refractivity contribution >= 4 is 53.4 Å². The van der Waals surface area contributed by atoms with Gasteiger partial charge < -0.3 is 68.3 Å². The van der Waals surface area contributed by atoms with Gasteiger partial charge in [0.2, 0.25) is 35.4 Å². The van der Waals surface area contributed by atoms with Gasteiger partial charge in [-0.05, 0) is 37.0 Å². The number of carbonyl (C=O) groups excluding carboxylic acids is 6. The number of carboxylic acid groups (broad SMARTS) is 3. The number of rotatable bonds is 23. The molecule has 1 aromatic carbocycles. The van der Waals surface area contributed by atoms with Gasteiger partial charge in [0.05, 0.1) is 32.1 Å². The van der Waals surface area contributed by atoms with Crippen LogP contribution < -0.4 is 37.6 Å². The summed E-state index contributed by atoms with van der Waals surface area (Å²) in [5.41, 5.74) is 5.79. The fraction of sp³-hybridized carbons (Fsp3) is 0.531. The molecule has 1 aromatic rings. The maximum Gasteiger partial charge on any atom is 0.326 e. The monoisotopic (exact) mass is 769 g/mol. The lowest BCUT2D eigenvalue weighted by atomic mass is 10.0. The Morgan fingerprint density at radius 1 is 0.574 bits per heavy atom. The summed E-state index contributed by atoms with van der Waals surface area (Å²) >= 11 is 0. The standard InChI is InChI=1S/C32H47N7O15/c1-14(2)8-21(32(53)54)37-30(51)22(12-40)39-31(52)23(13-41)38-28(49)19(9-16-4-6-17(42)7-5-16)36-29(50)20(11-25(45)46)35-26(47)15(3)34-27(48)18(33)10-24(43)44/h4-7,14-15,18-23,40-42H,8-13,33H2,1-3H3,(H,34,48)(H,35,47)(H,36,50)(H,37,51)(H,38,49)(H,39,52)(H,43,44)(H,45,46)(H,53,54)/t15-,18-,19-,20-,21-,22-,23-/m0/s1. The van der Waals surface area contributed by atoms with E-state index in [1.807, 2.05) is 0 Å². The molecule has 54 heavy (non-hydrogen) atoms. The first-order valence-electron chi connectivity index (χ1n) is 16.4. The molecule has 0 spiro atoms. The molecule has 300 valence electrons. The number of hydrogen-bond donors (Lipinski definition) is 13. The zero-order chi connectivity index (χ0) is 41.3. The molecule has 22 heteroatoms. The van der Waals surface area contributed by atoms with Crippen molar-refractivity contribution in [2.45, 2.75) is 88.7 Å². The normalized spacial score (nSPS) is 14.8. The molecule has 0 unspecified atom stereocenters. The van der Waals surface area contributed by atoms with E-state index in [1.165, 1.54) is 24.3 Å². The molecule has 0 fully saturated rings. The van der Waals surface area contributed by atoms with Crippen molar-refractivity contribution in [1.29, 1.82) is 0 Å². The molecule has 0 saturated heterocycles. The van der Waals surface area contributed by atoms with Crippen LogP contribution in [0.15, 0.2) is 24.3 Å². The molecule has 1 rings (SSSR count). The second-order valence-corrected chi connectivity index (χ2v) is 12.5. The van der Waals surface area contributed by atoms with Gasteiger partial charge in [-0.25, -0.2) is 4.79 Å². The number of benzene rings is 1. The lowest BCUT2D eigenvalue weighted by Crippen LogP contribution is -2.61. The molecular formula is C32H47N7O15. The van der Waals surface area contributed by atoms with Crippen LogP contribution in [-0.2, 0) is 49.6 Å². The number of phenolic OH excluding ortho intramolecular Hbond substituents is 1. The summed E-state index contributed by atoms with van der Waals surface area (Å²) < 4.78 is 0. The molecule has 0 aliphatic heterocycles. The molecule has 22 nitrogen and oxygen atoms in total. The van der Waals surface area contributed by atoms with Crippen LogP contribution in [-0.4, -0.2) is 139 Å². The fourth-order valence-corrected chi connectivity index (χ4v) is 4.59. The van der Waals surface area contributed by atoms with E-state index >= 15 is 0 Å². The molecular weight excluding hydrogens is 722 g/mol. The van der Waals surface area contributed by atoms with E-state index in [2.05, 4.69) is 31.9 Å². The number of amides is 6. The number of carbonyl (C=O) groups is 9. The molecule has 0 aliphatic carbocycles. The van der Waals surface area contributed by atoms with E-state index in [-0.39, 0.29) is 24.5 Å². The lowest BCUT2D eigenvalue weighted by molar-refractivity contribution is -0.143. The van der Waals surface area contributed by atoms with Crippen LogP contribution in [0.5, 0.6) is 5.75 Å². The number of aromatic hydroxyl groups is 1. The molecule has 0 heterocycles.